The van der Waals surface area contributed by atoms with Gasteiger partial charge in [0.05, 0.1) is 12.7 Å². The Morgan fingerprint density at radius 3 is 2.52 bits per heavy atom. The van der Waals surface area contributed by atoms with Gasteiger partial charge in [-0.1, -0.05) is 12.8 Å². The van der Waals surface area contributed by atoms with E-state index < -0.39 is 5.97 Å². The molecule has 1 heterocycles. The minimum absolute atomic E-state index is 0.285. The molecule has 7 heteroatoms. The Labute approximate surface area is 145 Å². The van der Waals surface area contributed by atoms with Crippen molar-refractivity contribution in [3.63, 3.8) is 0 Å². The van der Waals surface area contributed by atoms with Crippen molar-refractivity contribution in [1.29, 1.82) is 0 Å². The summed E-state index contributed by atoms with van der Waals surface area (Å²) in [6.07, 6.45) is 6.19. The fourth-order valence-electron chi connectivity index (χ4n) is 2.81. The van der Waals surface area contributed by atoms with Gasteiger partial charge in [-0.3, -0.25) is 4.79 Å². The van der Waals surface area contributed by atoms with Gasteiger partial charge in [0.1, 0.15) is 5.69 Å². The molecule has 0 atom stereocenters. The molecule has 0 unspecified atom stereocenters. The second kappa shape index (κ2) is 7.74. The predicted molar refractivity (Wildman–Crippen MR) is 93.6 cm³/mol. The zero-order valence-corrected chi connectivity index (χ0v) is 14.0. The summed E-state index contributed by atoms with van der Waals surface area (Å²) in [7, 11) is 1.32. The standard InChI is InChI=1S/C18H20N4O3/c1-25-17(24)12-6-8-14(9-7-12)20-16(23)15-10-11-19-18(22-15)21-13-4-2-3-5-13/h6-11,13H,2-5H2,1H3,(H,20,23)(H,19,21,22). The van der Waals surface area contributed by atoms with Crippen LogP contribution in [-0.2, 0) is 4.74 Å². The molecule has 1 fully saturated rings. The molecule has 0 radical (unpaired) electrons. The zero-order chi connectivity index (χ0) is 17.6. The first-order chi connectivity index (χ1) is 12.2. The Kier molecular flexibility index (Phi) is 5.23. The van der Waals surface area contributed by atoms with Gasteiger partial charge in [-0.15, -0.1) is 0 Å². The number of hydrogen-bond donors (Lipinski definition) is 2. The van der Waals surface area contributed by atoms with E-state index in [0.717, 1.165) is 12.8 Å². The van der Waals surface area contributed by atoms with Crippen LogP contribution < -0.4 is 10.6 Å². The molecule has 0 saturated heterocycles. The Morgan fingerprint density at radius 1 is 1.12 bits per heavy atom. The smallest absolute Gasteiger partial charge is 0.337 e. The van der Waals surface area contributed by atoms with Crippen LogP contribution in [0.4, 0.5) is 11.6 Å². The largest absolute Gasteiger partial charge is 0.465 e. The van der Waals surface area contributed by atoms with Crippen molar-refractivity contribution in [1.82, 2.24) is 9.97 Å². The van der Waals surface area contributed by atoms with E-state index in [2.05, 4.69) is 25.3 Å². The van der Waals surface area contributed by atoms with Crippen molar-refractivity contribution < 1.29 is 14.3 Å². The van der Waals surface area contributed by atoms with Crippen LogP contribution in [0.2, 0.25) is 0 Å². The van der Waals surface area contributed by atoms with Crippen molar-refractivity contribution in [2.45, 2.75) is 31.7 Å². The number of hydrogen-bond acceptors (Lipinski definition) is 6. The summed E-state index contributed by atoms with van der Waals surface area (Å²) in [5.41, 5.74) is 1.28. The van der Waals surface area contributed by atoms with E-state index in [4.69, 9.17) is 0 Å². The summed E-state index contributed by atoms with van der Waals surface area (Å²) in [4.78, 5) is 32.2. The highest BCUT2D eigenvalue weighted by Gasteiger charge is 2.16. The fraction of sp³-hybridized carbons (Fsp3) is 0.333. The van der Waals surface area contributed by atoms with E-state index in [-0.39, 0.29) is 11.6 Å². The Balaban J connectivity index is 1.65. The molecule has 0 aliphatic heterocycles. The zero-order valence-electron chi connectivity index (χ0n) is 14.0. The number of ether oxygens (including phenoxy) is 1. The third kappa shape index (κ3) is 4.32. The first-order valence-corrected chi connectivity index (χ1v) is 8.25. The number of aromatic nitrogens is 2. The van der Waals surface area contributed by atoms with Crippen molar-refractivity contribution in [3.05, 3.63) is 47.8 Å². The van der Waals surface area contributed by atoms with Crippen molar-refractivity contribution in [2.75, 3.05) is 17.7 Å². The van der Waals surface area contributed by atoms with E-state index in [1.165, 1.54) is 20.0 Å². The van der Waals surface area contributed by atoms with Crippen LogP contribution in [-0.4, -0.2) is 35.0 Å². The highest BCUT2D eigenvalue weighted by Crippen LogP contribution is 2.20. The van der Waals surface area contributed by atoms with Crippen LogP contribution in [0.1, 0.15) is 46.5 Å². The van der Waals surface area contributed by atoms with Crippen LogP contribution in [0.25, 0.3) is 0 Å². The summed E-state index contributed by atoms with van der Waals surface area (Å²) in [5, 5.41) is 6.03. The molecule has 2 N–H and O–H groups in total. The molecule has 1 aliphatic carbocycles. The summed E-state index contributed by atoms with van der Waals surface area (Å²) < 4.78 is 4.64. The molecule has 25 heavy (non-hydrogen) atoms. The van der Waals surface area contributed by atoms with E-state index in [0.29, 0.717) is 23.2 Å². The van der Waals surface area contributed by atoms with Gasteiger partial charge < -0.3 is 15.4 Å². The predicted octanol–water partition coefficient (Wildman–Crippen LogP) is 2.87. The van der Waals surface area contributed by atoms with Gasteiger partial charge in [-0.05, 0) is 43.2 Å². The lowest BCUT2D eigenvalue weighted by atomic mass is 10.2. The van der Waals surface area contributed by atoms with Gasteiger partial charge in [-0.25, -0.2) is 14.8 Å². The molecule has 1 aliphatic rings. The number of nitrogens with zero attached hydrogens (tertiary/aromatic N) is 2. The Bertz CT molecular complexity index is 755. The molecule has 1 aromatic carbocycles. The van der Waals surface area contributed by atoms with Gasteiger partial charge in [0, 0.05) is 17.9 Å². The van der Waals surface area contributed by atoms with Crippen LogP contribution in [0.3, 0.4) is 0 Å². The van der Waals surface area contributed by atoms with Crippen molar-refractivity contribution in [2.24, 2.45) is 0 Å². The third-order valence-corrected chi connectivity index (χ3v) is 4.14. The number of carbonyl (C=O) groups excluding carboxylic acids is 2. The summed E-state index contributed by atoms with van der Waals surface area (Å²) in [5.74, 6) is -0.278. The molecule has 7 nitrogen and oxygen atoms in total. The normalized spacial score (nSPS) is 14.1. The van der Waals surface area contributed by atoms with E-state index >= 15 is 0 Å². The molecule has 2 aromatic rings. The molecule has 0 bridgehead atoms. The van der Waals surface area contributed by atoms with E-state index in [1.807, 2.05) is 0 Å². The molecule has 1 saturated carbocycles. The maximum atomic E-state index is 12.4. The number of anilines is 2. The van der Waals surface area contributed by atoms with Gasteiger partial charge in [-0.2, -0.15) is 0 Å². The maximum Gasteiger partial charge on any atom is 0.337 e. The third-order valence-electron chi connectivity index (χ3n) is 4.14. The summed E-state index contributed by atoms with van der Waals surface area (Å²) in [6, 6.07) is 8.41. The van der Waals surface area contributed by atoms with Crippen LogP contribution in [0.15, 0.2) is 36.5 Å². The Morgan fingerprint density at radius 2 is 1.84 bits per heavy atom. The number of amides is 1. The van der Waals surface area contributed by atoms with Crippen molar-refractivity contribution >= 4 is 23.5 Å². The van der Waals surface area contributed by atoms with Crippen LogP contribution >= 0.6 is 0 Å². The second-order valence-electron chi connectivity index (χ2n) is 5.91. The fourth-order valence-corrected chi connectivity index (χ4v) is 2.81. The van der Waals surface area contributed by atoms with E-state index in [9.17, 15) is 9.59 Å². The number of esters is 1. The molecule has 1 aromatic heterocycles. The van der Waals surface area contributed by atoms with Gasteiger partial charge in [0.2, 0.25) is 5.95 Å². The molecule has 130 valence electrons. The first kappa shape index (κ1) is 16.9. The molecular formula is C18H20N4O3. The van der Waals surface area contributed by atoms with Crippen molar-refractivity contribution in [3.8, 4) is 0 Å². The average molecular weight is 340 g/mol. The monoisotopic (exact) mass is 340 g/mol. The summed E-state index contributed by atoms with van der Waals surface area (Å²) in [6.45, 7) is 0. The number of benzene rings is 1. The van der Waals surface area contributed by atoms with Gasteiger partial charge in [0.15, 0.2) is 0 Å². The highest BCUT2D eigenvalue weighted by atomic mass is 16.5. The maximum absolute atomic E-state index is 12.4. The number of methoxy groups -OCH3 is 1. The molecular weight excluding hydrogens is 320 g/mol. The van der Waals surface area contributed by atoms with E-state index in [1.54, 1.807) is 36.5 Å². The Hall–Kier alpha value is -2.96. The summed E-state index contributed by atoms with van der Waals surface area (Å²) >= 11 is 0. The molecule has 0 spiro atoms. The number of carbonyl (C=O) groups is 2. The second-order valence-corrected chi connectivity index (χ2v) is 5.91. The SMILES string of the molecule is COC(=O)c1ccc(NC(=O)c2ccnc(NC3CCCC3)n2)cc1. The quantitative estimate of drug-likeness (QED) is 0.813. The first-order valence-electron chi connectivity index (χ1n) is 8.25. The minimum Gasteiger partial charge on any atom is -0.465 e. The van der Waals surface area contributed by atoms with Crippen LogP contribution in [0, 0.1) is 0 Å². The molecule has 1 amide bonds. The number of rotatable bonds is 5. The van der Waals surface area contributed by atoms with Gasteiger partial charge in [0.25, 0.3) is 5.91 Å². The lowest BCUT2D eigenvalue weighted by Crippen LogP contribution is -2.19. The van der Waals surface area contributed by atoms with Crippen LogP contribution in [0.5, 0.6) is 0 Å². The number of nitrogens with one attached hydrogen (secondary N) is 2. The average Bonchev–Trinajstić information content (AvgIpc) is 3.15. The van der Waals surface area contributed by atoms with Gasteiger partial charge >= 0.3 is 5.97 Å². The topological polar surface area (TPSA) is 93.2 Å². The minimum atomic E-state index is -0.420. The highest BCUT2D eigenvalue weighted by molar-refractivity contribution is 6.03. The lowest BCUT2D eigenvalue weighted by Gasteiger charge is -2.12. The molecule has 3 rings (SSSR count). The lowest BCUT2D eigenvalue weighted by molar-refractivity contribution is 0.0600.